The van der Waals surface area contributed by atoms with Crippen molar-refractivity contribution in [2.75, 3.05) is 0 Å². The lowest BCUT2D eigenvalue weighted by Gasteiger charge is -2.18. The second kappa shape index (κ2) is 10.9. The Morgan fingerprint density at radius 1 is 1.03 bits per heavy atom. The van der Waals surface area contributed by atoms with Crippen LogP contribution in [-0.4, -0.2) is 26.3 Å². The lowest BCUT2D eigenvalue weighted by Crippen LogP contribution is -1.99. The van der Waals surface area contributed by atoms with E-state index in [4.69, 9.17) is 9.84 Å². The highest BCUT2D eigenvalue weighted by atomic mass is 19.1. The molecule has 0 atom stereocenters. The Morgan fingerprint density at radius 2 is 1.87 bits per heavy atom. The number of fused-ring (bicyclic) bond motifs is 1. The third kappa shape index (κ3) is 5.22. The van der Waals surface area contributed by atoms with E-state index in [1.807, 2.05) is 73.7 Å². The fourth-order valence-corrected chi connectivity index (χ4v) is 4.40. The van der Waals surface area contributed by atoms with Gasteiger partial charge in [-0.1, -0.05) is 49.4 Å². The molecule has 2 aromatic heterocycles. The number of aromatic nitrogens is 3. The van der Waals surface area contributed by atoms with Gasteiger partial charge in [-0.15, -0.1) is 0 Å². The van der Waals surface area contributed by atoms with Crippen LogP contribution in [0.15, 0.2) is 97.3 Å². The van der Waals surface area contributed by atoms with Crippen LogP contribution in [0.5, 0.6) is 11.6 Å². The number of aliphatic carboxylic acids is 1. The molecule has 3 aromatic carbocycles. The summed E-state index contributed by atoms with van der Waals surface area (Å²) in [6, 6.07) is 24.1. The second-order valence-corrected chi connectivity index (χ2v) is 8.56. The molecule has 0 aliphatic rings. The van der Waals surface area contributed by atoms with Gasteiger partial charge in [0.2, 0.25) is 5.88 Å². The molecular formula is C31H24FN3O3. The van der Waals surface area contributed by atoms with Crippen molar-refractivity contribution in [3.63, 3.8) is 0 Å². The summed E-state index contributed by atoms with van der Waals surface area (Å²) in [5, 5.41) is 16.2. The van der Waals surface area contributed by atoms with Crippen LogP contribution in [0.25, 0.3) is 28.1 Å². The molecule has 0 aliphatic heterocycles. The molecule has 0 spiro atoms. The van der Waals surface area contributed by atoms with E-state index in [-0.39, 0.29) is 5.82 Å². The Labute approximate surface area is 218 Å². The first-order valence-electron chi connectivity index (χ1n) is 12.1. The lowest BCUT2D eigenvalue weighted by molar-refractivity contribution is -0.131. The molecule has 6 nitrogen and oxygen atoms in total. The van der Waals surface area contributed by atoms with Gasteiger partial charge in [-0.25, -0.2) is 14.2 Å². The van der Waals surface area contributed by atoms with Gasteiger partial charge in [0, 0.05) is 23.9 Å². The van der Waals surface area contributed by atoms with E-state index in [1.165, 1.54) is 12.3 Å². The van der Waals surface area contributed by atoms with E-state index >= 15 is 4.39 Å². The van der Waals surface area contributed by atoms with Gasteiger partial charge in [-0.05, 0) is 70.7 Å². The minimum atomic E-state index is -1.02. The smallest absolute Gasteiger partial charge is 0.328 e. The zero-order valence-corrected chi connectivity index (χ0v) is 20.6. The number of aromatic amines is 1. The number of benzene rings is 3. The maximum Gasteiger partial charge on any atom is 0.328 e. The largest absolute Gasteiger partial charge is 0.478 e. The molecule has 38 heavy (non-hydrogen) atoms. The summed E-state index contributed by atoms with van der Waals surface area (Å²) in [5.74, 6) is -0.293. The number of carbonyl (C=O) groups is 1. The number of hydrogen-bond donors (Lipinski definition) is 2. The summed E-state index contributed by atoms with van der Waals surface area (Å²) in [6.45, 7) is 2.03. The number of hydrogen-bond acceptors (Lipinski definition) is 4. The third-order valence-electron chi connectivity index (χ3n) is 6.14. The van der Waals surface area contributed by atoms with Gasteiger partial charge in [-0.3, -0.25) is 5.10 Å². The van der Waals surface area contributed by atoms with Gasteiger partial charge < -0.3 is 9.84 Å². The van der Waals surface area contributed by atoms with Crippen LogP contribution in [0.3, 0.4) is 0 Å². The van der Waals surface area contributed by atoms with Crippen LogP contribution in [0.1, 0.15) is 35.6 Å². The van der Waals surface area contributed by atoms with Crippen molar-refractivity contribution in [1.29, 1.82) is 0 Å². The molecule has 2 N–H and O–H groups in total. The average Bonchev–Trinajstić information content (AvgIpc) is 3.42. The van der Waals surface area contributed by atoms with Crippen molar-refractivity contribution >= 4 is 34.1 Å². The Bertz CT molecular complexity index is 1660. The fourth-order valence-electron chi connectivity index (χ4n) is 4.40. The molecule has 0 unspecified atom stereocenters. The van der Waals surface area contributed by atoms with Gasteiger partial charge in [0.15, 0.2) is 0 Å². The van der Waals surface area contributed by atoms with Crippen molar-refractivity contribution in [2.24, 2.45) is 0 Å². The van der Waals surface area contributed by atoms with E-state index in [1.54, 1.807) is 18.3 Å². The third-order valence-corrected chi connectivity index (χ3v) is 6.14. The van der Waals surface area contributed by atoms with Gasteiger partial charge in [0.1, 0.15) is 11.6 Å². The number of halogens is 1. The average molecular weight is 506 g/mol. The van der Waals surface area contributed by atoms with E-state index in [0.717, 1.165) is 33.9 Å². The van der Waals surface area contributed by atoms with Crippen molar-refractivity contribution in [2.45, 2.75) is 13.3 Å². The zero-order valence-electron chi connectivity index (χ0n) is 20.6. The van der Waals surface area contributed by atoms with Crippen LogP contribution < -0.4 is 4.74 Å². The molecule has 2 heterocycles. The number of carboxylic acids is 1. The second-order valence-electron chi connectivity index (χ2n) is 8.56. The van der Waals surface area contributed by atoms with Crippen molar-refractivity contribution < 1.29 is 19.0 Å². The molecule has 0 aliphatic carbocycles. The summed E-state index contributed by atoms with van der Waals surface area (Å²) in [4.78, 5) is 15.2. The van der Waals surface area contributed by atoms with Gasteiger partial charge in [0.05, 0.1) is 17.1 Å². The number of H-pyrrole nitrogens is 1. The van der Waals surface area contributed by atoms with Gasteiger partial charge in [-0.2, -0.15) is 5.10 Å². The van der Waals surface area contributed by atoms with E-state index in [2.05, 4.69) is 15.2 Å². The summed E-state index contributed by atoms with van der Waals surface area (Å²) < 4.78 is 21.9. The van der Waals surface area contributed by atoms with Crippen LogP contribution in [-0.2, 0) is 4.79 Å². The van der Waals surface area contributed by atoms with E-state index in [0.29, 0.717) is 34.5 Å². The summed E-state index contributed by atoms with van der Waals surface area (Å²) in [5.41, 5.74) is 5.13. The first-order valence-corrected chi connectivity index (χ1v) is 12.1. The molecule has 5 aromatic rings. The summed E-state index contributed by atoms with van der Waals surface area (Å²) in [7, 11) is 0. The number of nitrogens with zero attached hydrogens (tertiary/aromatic N) is 2. The molecule has 0 amide bonds. The first kappa shape index (κ1) is 24.6. The highest BCUT2D eigenvalue weighted by molar-refractivity contribution is 6.01. The highest BCUT2D eigenvalue weighted by Gasteiger charge is 2.19. The summed E-state index contributed by atoms with van der Waals surface area (Å²) >= 11 is 0. The minimum Gasteiger partial charge on any atom is -0.478 e. The van der Waals surface area contributed by atoms with Crippen molar-refractivity contribution in [1.82, 2.24) is 15.2 Å². The molecule has 0 saturated carbocycles. The number of rotatable bonds is 8. The molecular weight excluding hydrogens is 481 g/mol. The standard InChI is InChI=1S/C31H24FN3O3/c1-2-24(22-6-5-7-23(18-22)38-28-8-3-4-17-33-28)30(21-12-9-20(10-13-21)11-16-29(36)37)25-14-15-27-26(31(25)32)19-34-35-27/h3-19H,2H2,1H3,(H,34,35)(H,36,37)/b16-11+,30-24+. The molecule has 0 radical (unpaired) electrons. The maximum atomic E-state index is 15.9. The SMILES string of the molecule is CC/C(=C(/c1ccc(/C=C/C(=O)O)cc1)c1ccc2[nH]ncc2c1F)c1cccc(Oc2ccccn2)c1. The number of ether oxygens (including phenoxy) is 1. The molecule has 5 rings (SSSR count). The van der Waals surface area contributed by atoms with Crippen LogP contribution >= 0.6 is 0 Å². The minimum absolute atomic E-state index is 0.368. The highest BCUT2D eigenvalue weighted by Crippen LogP contribution is 2.38. The Hall–Kier alpha value is -5.04. The predicted octanol–water partition coefficient (Wildman–Crippen LogP) is 7.36. The molecule has 0 bridgehead atoms. The number of carboxylic acid groups (broad SMARTS) is 1. The van der Waals surface area contributed by atoms with Crippen LogP contribution in [0, 0.1) is 5.82 Å². The van der Waals surface area contributed by atoms with Crippen LogP contribution in [0.4, 0.5) is 4.39 Å². The molecule has 188 valence electrons. The van der Waals surface area contributed by atoms with Gasteiger partial charge >= 0.3 is 5.97 Å². The molecule has 0 saturated heterocycles. The van der Waals surface area contributed by atoms with Crippen molar-refractivity contribution in [3.8, 4) is 11.6 Å². The number of nitrogens with one attached hydrogen (secondary N) is 1. The van der Waals surface area contributed by atoms with Crippen LogP contribution in [0.2, 0.25) is 0 Å². The van der Waals surface area contributed by atoms with E-state index < -0.39 is 5.97 Å². The Balaban J connectivity index is 1.67. The maximum absolute atomic E-state index is 15.9. The number of pyridine rings is 1. The van der Waals surface area contributed by atoms with Gasteiger partial charge in [0.25, 0.3) is 0 Å². The van der Waals surface area contributed by atoms with E-state index in [9.17, 15) is 4.79 Å². The zero-order chi connectivity index (χ0) is 26.5. The monoisotopic (exact) mass is 505 g/mol. The van der Waals surface area contributed by atoms with Crippen molar-refractivity contribution in [3.05, 3.63) is 125 Å². The quantitative estimate of drug-likeness (QED) is 0.170. The normalized spacial score (nSPS) is 12.1. The topological polar surface area (TPSA) is 88.1 Å². The number of allylic oxidation sites excluding steroid dienone is 1. The first-order chi connectivity index (χ1) is 18.5. The summed E-state index contributed by atoms with van der Waals surface area (Å²) in [6.07, 6.45) is 6.37. The lowest BCUT2D eigenvalue weighted by atomic mass is 9.87. The fraction of sp³-hybridized carbons (Fsp3) is 0.0645. The molecule has 7 heteroatoms. The Morgan fingerprint density at radius 3 is 2.61 bits per heavy atom. The molecule has 0 fully saturated rings. The predicted molar refractivity (Wildman–Crippen MR) is 146 cm³/mol. The Kier molecular flexibility index (Phi) is 7.08.